The van der Waals surface area contributed by atoms with Gasteiger partial charge >= 0.3 is 6.18 Å². The molecule has 10 heteroatoms. The van der Waals surface area contributed by atoms with E-state index in [0.717, 1.165) is 10.2 Å². The molecule has 0 aliphatic rings. The molecule has 0 unspecified atom stereocenters. The van der Waals surface area contributed by atoms with E-state index in [1.165, 1.54) is 6.92 Å². The van der Waals surface area contributed by atoms with Crippen molar-refractivity contribution in [1.29, 1.82) is 0 Å². The van der Waals surface area contributed by atoms with Gasteiger partial charge in [0, 0.05) is 7.05 Å². The largest absolute Gasteiger partial charge is 0.436 e. The lowest BCUT2D eigenvalue weighted by Crippen LogP contribution is -2.22. The second kappa shape index (κ2) is 6.07. The number of hydrogen-bond donors (Lipinski definition) is 1. The first-order chi connectivity index (χ1) is 11.7. The average Bonchev–Trinajstić information content (AvgIpc) is 2.99. The van der Waals surface area contributed by atoms with Crippen molar-refractivity contribution in [2.24, 2.45) is 7.05 Å². The number of amides is 1. The summed E-state index contributed by atoms with van der Waals surface area (Å²) < 4.78 is 41.1. The molecule has 2 aromatic heterocycles. The summed E-state index contributed by atoms with van der Waals surface area (Å²) in [5.41, 5.74) is 0.366. The summed E-state index contributed by atoms with van der Waals surface area (Å²) in [4.78, 5) is 16.5. The van der Waals surface area contributed by atoms with Gasteiger partial charge in [-0.2, -0.15) is 18.3 Å². The molecular weight excluding hydrogens is 359 g/mol. The van der Waals surface area contributed by atoms with E-state index in [2.05, 4.69) is 15.4 Å². The Morgan fingerprint density at radius 3 is 2.60 bits per heavy atom. The van der Waals surface area contributed by atoms with E-state index in [4.69, 9.17) is 11.6 Å². The highest BCUT2D eigenvalue weighted by Crippen LogP contribution is 2.35. The molecule has 2 heterocycles. The van der Waals surface area contributed by atoms with Crippen molar-refractivity contribution >= 4 is 34.5 Å². The predicted octanol–water partition coefficient (Wildman–Crippen LogP) is 3.39. The van der Waals surface area contributed by atoms with Crippen LogP contribution < -0.4 is 5.32 Å². The maximum absolute atomic E-state index is 12.8. The molecule has 132 valence electrons. The normalized spacial score (nSPS) is 11.9. The molecule has 25 heavy (non-hydrogen) atoms. The van der Waals surface area contributed by atoms with E-state index in [0.29, 0.717) is 5.52 Å². The fraction of sp³-hybridized carbons (Fsp3) is 0.267. The highest BCUT2D eigenvalue weighted by Gasteiger charge is 2.38. The number of fused-ring (bicyclic) bond motifs is 1. The number of para-hydroxylation sites is 2. The molecule has 0 fully saturated rings. The lowest BCUT2D eigenvalue weighted by molar-refractivity contribution is -0.141. The Labute approximate surface area is 145 Å². The van der Waals surface area contributed by atoms with Crippen LogP contribution in [0.5, 0.6) is 0 Å². The molecule has 6 nitrogen and oxygen atoms in total. The minimum Gasteiger partial charge on any atom is -0.313 e. The van der Waals surface area contributed by atoms with Crippen molar-refractivity contribution in [3.05, 3.63) is 40.7 Å². The number of carbonyl (C=O) groups excluding carboxylic acids is 1. The Morgan fingerprint density at radius 2 is 2.00 bits per heavy atom. The van der Waals surface area contributed by atoms with Crippen LogP contribution in [0.2, 0.25) is 5.02 Å². The van der Waals surface area contributed by atoms with Crippen molar-refractivity contribution in [1.82, 2.24) is 19.3 Å². The quantitative estimate of drug-likeness (QED) is 0.767. The molecule has 0 bridgehead atoms. The maximum atomic E-state index is 12.8. The van der Waals surface area contributed by atoms with E-state index < -0.39 is 29.3 Å². The molecule has 0 spiro atoms. The molecule has 3 rings (SSSR count). The third kappa shape index (κ3) is 3.19. The number of hydrogen-bond acceptors (Lipinski definition) is 3. The van der Waals surface area contributed by atoms with Crippen LogP contribution in [0.4, 0.5) is 19.1 Å². The van der Waals surface area contributed by atoms with Gasteiger partial charge < -0.3 is 4.57 Å². The van der Waals surface area contributed by atoms with Crippen molar-refractivity contribution in [3.8, 4) is 0 Å². The SMILES string of the molecule is Cc1c(Cl)c(C(F)(F)F)nn1CC(=O)Nc1nc2ccccc2n1C. The first kappa shape index (κ1) is 17.3. The summed E-state index contributed by atoms with van der Waals surface area (Å²) in [5.74, 6) is -0.271. The maximum Gasteiger partial charge on any atom is 0.436 e. The van der Waals surface area contributed by atoms with E-state index in [-0.39, 0.29) is 11.6 Å². The number of aromatic nitrogens is 4. The van der Waals surface area contributed by atoms with Gasteiger partial charge in [0.2, 0.25) is 11.9 Å². The summed E-state index contributed by atoms with van der Waals surface area (Å²) >= 11 is 5.67. The van der Waals surface area contributed by atoms with Gasteiger partial charge in [-0.25, -0.2) is 4.98 Å². The highest BCUT2D eigenvalue weighted by molar-refractivity contribution is 6.32. The Kier molecular flexibility index (Phi) is 4.19. The lowest BCUT2D eigenvalue weighted by atomic mass is 10.3. The third-order valence-corrected chi connectivity index (χ3v) is 4.19. The summed E-state index contributed by atoms with van der Waals surface area (Å²) in [5, 5.41) is 5.46. The van der Waals surface area contributed by atoms with Gasteiger partial charge in [-0.3, -0.25) is 14.8 Å². The Balaban J connectivity index is 1.82. The minimum absolute atomic E-state index is 0.0640. The van der Waals surface area contributed by atoms with Crippen LogP contribution in [0.1, 0.15) is 11.4 Å². The summed E-state index contributed by atoms with van der Waals surface area (Å²) in [7, 11) is 1.72. The van der Waals surface area contributed by atoms with Crippen LogP contribution >= 0.6 is 11.6 Å². The number of anilines is 1. The number of rotatable bonds is 3. The number of nitrogens with zero attached hydrogens (tertiary/aromatic N) is 4. The van der Waals surface area contributed by atoms with Crippen molar-refractivity contribution in [2.75, 3.05) is 5.32 Å². The molecule has 0 aliphatic heterocycles. The number of imidazole rings is 1. The summed E-state index contributed by atoms with van der Waals surface area (Å²) in [6.07, 6.45) is -4.68. The Bertz CT molecular complexity index is 960. The molecule has 0 saturated carbocycles. The average molecular weight is 372 g/mol. The van der Waals surface area contributed by atoms with Crippen molar-refractivity contribution < 1.29 is 18.0 Å². The predicted molar refractivity (Wildman–Crippen MR) is 86.3 cm³/mol. The minimum atomic E-state index is -4.68. The Morgan fingerprint density at radius 1 is 1.32 bits per heavy atom. The topological polar surface area (TPSA) is 64.7 Å². The lowest BCUT2D eigenvalue weighted by Gasteiger charge is -2.07. The van der Waals surface area contributed by atoms with Gasteiger partial charge in [-0.15, -0.1) is 0 Å². The van der Waals surface area contributed by atoms with E-state index in [1.54, 1.807) is 17.7 Å². The van der Waals surface area contributed by atoms with Crippen LogP contribution in [-0.4, -0.2) is 25.2 Å². The van der Waals surface area contributed by atoms with Crippen molar-refractivity contribution in [2.45, 2.75) is 19.6 Å². The number of halogens is 4. The second-order valence-electron chi connectivity index (χ2n) is 5.43. The fourth-order valence-electron chi connectivity index (χ4n) is 2.42. The van der Waals surface area contributed by atoms with Crippen LogP contribution in [0, 0.1) is 6.92 Å². The van der Waals surface area contributed by atoms with Crippen molar-refractivity contribution in [3.63, 3.8) is 0 Å². The first-order valence-electron chi connectivity index (χ1n) is 7.20. The molecule has 1 aromatic carbocycles. The zero-order valence-electron chi connectivity index (χ0n) is 13.2. The van der Waals surface area contributed by atoms with Gasteiger partial charge in [0.15, 0.2) is 5.69 Å². The second-order valence-corrected chi connectivity index (χ2v) is 5.81. The number of alkyl halides is 3. The van der Waals surface area contributed by atoms with Crippen LogP contribution in [0.15, 0.2) is 24.3 Å². The molecule has 0 atom stereocenters. The van der Waals surface area contributed by atoms with E-state index in [9.17, 15) is 18.0 Å². The van der Waals surface area contributed by atoms with Crippen LogP contribution in [0.25, 0.3) is 11.0 Å². The fourth-order valence-corrected chi connectivity index (χ4v) is 2.66. The molecular formula is C15H13ClF3N5O. The highest BCUT2D eigenvalue weighted by atomic mass is 35.5. The smallest absolute Gasteiger partial charge is 0.313 e. The number of aryl methyl sites for hydroxylation is 1. The molecule has 0 aliphatic carbocycles. The van der Waals surface area contributed by atoms with E-state index in [1.807, 2.05) is 18.2 Å². The summed E-state index contributed by atoms with van der Waals surface area (Å²) in [6, 6.07) is 7.28. The summed E-state index contributed by atoms with van der Waals surface area (Å²) in [6.45, 7) is 0.956. The first-order valence-corrected chi connectivity index (χ1v) is 7.57. The zero-order chi connectivity index (χ0) is 18.4. The number of nitrogens with one attached hydrogen (secondary N) is 1. The van der Waals surface area contributed by atoms with Crippen LogP contribution in [-0.2, 0) is 24.6 Å². The zero-order valence-corrected chi connectivity index (χ0v) is 14.0. The van der Waals surface area contributed by atoms with Gasteiger partial charge in [0.25, 0.3) is 0 Å². The van der Waals surface area contributed by atoms with Crippen LogP contribution in [0.3, 0.4) is 0 Å². The molecule has 1 N–H and O–H groups in total. The van der Waals surface area contributed by atoms with Gasteiger partial charge in [-0.1, -0.05) is 23.7 Å². The van der Waals surface area contributed by atoms with Gasteiger partial charge in [0.1, 0.15) is 6.54 Å². The molecule has 0 radical (unpaired) electrons. The molecule has 3 aromatic rings. The molecule has 1 amide bonds. The van der Waals surface area contributed by atoms with Gasteiger partial charge in [-0.05, 0) is 19.1 Å². The third-order valence-electron chi connectivity index (χ3n) is 3.73. The van der Waals surface area contributed by atoms with E-state index >= 15 is 0 Å². The monoisotopic (exact) mass is 371 g/mol. The van der Waals surface area contributed by atoms with Gasteiger partial charge in [0.05, 0.1) is 21.7 Å². The number of carbonyl (C=O) groups is 1. The standard InChI is InChI=1S/C15H13ClF3N5O/c1-8-12(16)13(15(17,18)19)22-24(8)7-11(25)21-14-20-9-5-3-4-6-10(9)23(14)2/h3-6H,7H2,1-2H3,(H,20,21,25). The number of benzene rings is 1. The molecule has 0 saturated heterocycles. The Hall–Kier alpha value is -2.55.